The first kappa shape index (κ1) is 12.6. The van der Waals surface area contributed by atoms with Crippen molar-refractivity contribution in [2.75, 3.05) is 13.7 Å². The van der Waals surface area contributed by atoms with Crippen molar-refractivity contribution in [1.29, 1.82) is 0 Å². The summed E-state index contributed by atoms with van der Waals surface area (Å²) in [4.78, 5) is 0. The summed E-state index contributed by atoms with van der Waals surface area (Å²) in [5, 5.41) is 3.17. The molecule has 3 nitrogen and oxygen atoms in total. The van der Waals surface area contributed by atoms with Crippen molar-refractivity contribution < 1.29 is 13.5 Å². The molecule has 1 aromatic heterocycles. The van der Waals surface area contributed by atoms with Gasteiger partial charge in [-0.3, -0.25) is 0 Å². The molecular formula is C14H16FNO2. The summed E-state index contributed by atoms with van der Waals surface area (Å²) in [7, 11) is 1.88. The maximum Gasteiger partial charge on any atom is 0.123 e. The predicted octanol–water partition coefficient (Wildman–Crippen LogP) is 3.15. The number of nitrogens with one attached hydrogen (secondary N) is 1. The van der Waals surface area contributed by atoms with Crippen LogP contribution in [-0.4, -0.2) is 13.7 Å². The van der Waals surface area contributed by atoms with Crippen molar-refractivity contribution >= 4 is 0 Å². The van der Waals surface area contributed by atoms with Crippen LogP contribution in [0.2, 0.25) is 0 Å². The molecule has 0 aliphatic rings. The van der Waals surface area contributed by atoms with Crippen molar-refractivity contribution in [3.8, 4) is 5.75 Å². The van der Waals surface area contributed by atoms with Crippen LogP contribution in [-0.2, 0) is 0 Å². The molecule has 1 N–H and O–H groups in total. The predicted molar refractivity (Wildman–Crippen MR) is 67.0 cm³/mol. The Morgan fingerprint density at radius 1 is 1.28 bits per heavy atom. The van der Waals surface area contributed by atoms with Gasteiger partial charge in [0.15, 0.2) is 0 Å². The van der Waals surface area contributed by atoms with Crippen molar-refractivity contribution in [2.24, 2.45) is 0 Å². The minimum Gasteiger partial charge on any atom is -0.494 e. The molecule has 4 heteroatoms. The SMILES string of the molecule is CNC(CCOc1ccc(F)cc1)c1ccco1. The number of hydrogen-bond acceptors (Lipinski definition) is 3. The molecule has 2 rings (SSSR count). The number of ether oxygens (including phenoxy) is 1. The van der Waals surface area contributed by atoms with Gasteiger partial charge in [-0.2, -0.15) is 0 Å². The van der Waals surface area contributed by atoms with Crippen LogP contribution in [0, 0.1) is 5.82 Å². The molecule has 0 radical (unpaired) electrons. The zero-order valence-electron chi connectivity index (χ0n) is 10.2. The number of hydrogen-bond donors (Lipinski definition) is 1. The molecular weight excluding hydrogens is 233 g/mol. The fourth-order valence-corrected chi connectivity index (χ4v) is 1.74. The summed E-state index contributed by atoms with van der Waals surface area (Å²) >= 11 is 0. The van der Waals surface area contributed by atoms with E-state index in [1.165, 1.54) is 12.1 Å². The highest BCUT2D eigenvalue weighted by Crippen LogP contribution is 2.18. The topological polar surface area (TPSA) is 34.4 Å². The smallest absolute Gasteiger partial charge is 0.123 e. The molecule has 0 saturated carbocycles. The van der Waals surface area contributed by atoms with Crippen LogP contribution >= 0.6 is 0 Å². The highest BCUT2D eigenvalue weighted by atomic mass is 19.1. The van der Waals surface area contributed by atoms with Crippen LogP contribution in [0.1, 0.15) is 18.2 Å². The fourth-order valence-electron chi connectivity index (χ4n) is 1.74. The van der Waals surface area contributed by atoms with Gasteiger partial charge in [-0.1, -0.05) is 0 Å². The van der Waals surface area contributed by atoms with Crippen molar-refractivity contribution in [1.82, 2.24) is 5.32 Å². The van der Waals surface area contributed by atoms with Gasteiger partial charge in [0.1, 0.15) is 17.3 Å². The average molecular weight is 249 g/mol. The third kappa shape index (κ3) is 3.34. The van der Waals surface area contributed by atoms with E-state index < -0.39 is 0 Å². The highest BCUT2D eigenvalue weighted by molar-refractivity contribution is 5.22. The number of halogens is 1. The highest BCUT2D eigenvalue weighted by Gasteiger charge is 2.11. The molecule has 1 unspecified atom stereocenters. The van der Waals surface area contributed by atoms with Crippen LogP contribution in [0.4, 0.5) is 4.39 Å². The summed E-state index contributed by atoms with van der Waals surface area (Å²) in [5.41, 5.74) is 0. The largest absolute Gasteiger partial charge is 0.494 e. The van der Waals surface area contributed by atoms with E-state index >= 15 is 0 Å². The fraction of sp³-hybridized carbons (Fsp3) is 0.286. The molecule has 18 heavy (non-hydrogen) atoms. The van der Waals surface area contributed by atoms with Gasteiger partial charge < -0.3 is 14.5 Å². The molecule has 0 spiro atoms. The van der Waals surface area contributed by atoms with Crippen LogP contribution in [0.3, 0.4) is 0 Å². The third-order valence-electron chi connectivity index (χ3n) is 2.72. The minimum absolute atomic E-state index is 0.125. The second-order valence-electron chi connectivity index (χ2n) is 3.95. The zero-order valence-corrected chi connectivity index (χ0v) is 10.2. The Kier molecular flexibility index (Phi) is 4.36. The van der Waals surface area contributed by atoms with E-state index in [0.29, 0.717) is 12.4 Å². The monoisotopic (exact) mass is 249 g/mol. The van der Waals surface area contributed by atoms with Gasteiger partial charge in [0.2, 0.25) is 0 Å². The second-order valence-corrected chi connectivity index (χ2v) is 3.95. The lowest BCUT2D eigenvalue weighted by Gasteiger charge is -2.14. The van der Waals surface area contributed by atoms with Crippen molar-refractivity contribution in [2.45, 2.75) is 12.5 Å². The Labute approximate surface area is 106 Å². The van der Waals surface area contributed by atoms with Crippen LogP contribution in [0.5, 0.6) is 5.75 Å². The number of benzene rings is 1. The first-order valence-electron chi connectivity index (χ1n) is 5.88. The van der Waals surface area contributed by atoms with E-state index in [4.69, 9.17) is 9.15 Å². The summed E-state index contributed by atoms with van der Waals surface area (Å²) < 4.78 is 23.6. The van der Waals surface area contributed by atoms with Gasteiger partial charge in [0.05, 0.1) is 18.9 Å². The summed E-state index contributed by atoms with van der Waals surface area (Å²) in [6.45, 7) is 0.540. The summed E-state index contributed by atoms with van der Waals surface area (Å²) in [6.07, 6.45) is 2.43. The normalized spacial score (nSPS) is 12.3. The van der Waals surface area contributed by atoms with Crippen LogP contribution < -0.4 is 10.1 Å². The maximum atomic E-state index is 12.7. The van der Waals surface area contributed by atoms with Crippen LogP contribution in [0.25, 0.3) is 0 Å². The third-order valence-corrected chi connectivity index (χ3v) is 2.72. The van der Waals surface area contributed by atoms with Gasteiger partial charge in [-0.15, -0.1) is 0 Å². The summed E-state index contributed by atoms with van der Waals surface area (Å²) in [6, 6.07) is 9.93. The quantitative estimate of drug-likeness (QED) is 0.854. The molecule has 1 atom stereocenters. The van der Waals surface area contributed by atoms with E-state index in [2.05, 4.69) is 5.32 Å². The van der Waals surface area contributed by atoms with E-state index in [0.717, 1.165) is 12.2 Å². The Hall–Kier alpha value is -1.81. The van der Waals surface area contributed by atoms with Gasteiger partial charge in [0.25, 0.3) is 0 Å². The number of furan rings is 1. The summed E-state index contributed by atoms with van der Waals surface area (Å²) in [5.74, 6) is 1.30. The van der Waals surface area contributed by atoms with E-state index in [-0.39, 0.29) is 11.9 Å². The van der Waals surface area contributed by atoms with Gasteiger partial charge >= 0.3 is 0 Å². The van der Waals surface area contributed by atoms with Crippen molar-refractivity contribution in [3.05, 3.63) is 54.2 Å². The maximum absolute atomic E-state index is 12.7. The molecule has 96 valence electrons. The molecule has 0 bridgehead atoms. The van der Waals surface area contributed by atoms with E-state index in [1.54, 1.807) is 18.4 Å². The second kappa shape index (κ2) is 6.21. The minimum atomic E-state index is -0.258. The molecule has 0 saturated heterocycles. The Morgan fingerprint density at radius 3 is 2.67 bits per heavy atom. The standard InChI is InChI=1S/C14H16FNO2/c1-16-13(14-3-2-9-18-14)8-10-17-12-6-4-11(15)5-7-12/h2-7,9,13,16H,8,10H2,1H3. The Bertz CT molecular complexity index is 453. The van der Waals surface area contributed by atoms with Gasteiger partial charge in [-0.05, 0) is 43.4 Å². The first-order chi connectivity index (χ1) is 8.79. The number of rotatable bonds is 6. The Morgan fingerprint density at radius 2 is 2.06 bits per heavy atom. The lowest BCUT2D eigenvalue weighted by Crippen LogP contribution is -2.18. The molecule has 0 aliphatic carbocycles. The lowest BCUT2D eigenvalue weighted by atomic mass is 10.1. The molecule has 0 fully saturated rings. The van der Waals surface area contributed by atoms with Gasteiger partial charge in [-0.25, -0.2) is 4.39 Å². The average Bonchev–Trinajstić information content (AvgIpc) is 2.91. The molecule has 0 amide bonds. The molecule has 0 aliphatic heterocycles. The lowest BCUT2D eigenvalue weighted by molar-refractivity contribution is 0.278. The Balaban J connectivity index is 1.82. The van der Waals surface area contributed by atoms with Crippen LogP contribution in [0.15, 0.2) is 47.1 Å². The zero-order chi connectivity index (χ0) is 12.8. The molecule has 2 aromatic rings. The molecule has 1 aromatic carbocycles. The molecule has 1 heterocycles. The first-order valence-corrected chi connectivity index (χ1v) is 5.88. The van der Waals surface area contributed by atoms with E-state index in [9.17, 15) is 4.39 Å². The van der Waals surface area contributed by atoms with Gasteiger partial charge in [0, 0.05) is 6.42 Å². The van der Waals surface area contributed by atoms with Crippen molar-refractivity contribution in [3.63, 3.8) is 0 Å². The van der Waals surface area contributed by atoms with E-state index in [1.807, 2.05) is 19.2 Å².